The van der Waals surface area contributed by atoms with Gasteiger partial charge in [-0.15, -0.1) is 0 Å². The third-order valence-electron chi connectivity index (χ3n) is 4.68. The second-order valence-corrected chi connectivity index (χ2v) is 10.5. The van der Waals surface area contributed by atoms with E-state index in [1.54, 1.807) is 18.5 Å². The molecule has 2 rings (SSSR count). The van der Waals surface area contributed by atoms with E-state index in [2.05, 4.69) is 25.8 Å². The highest BCUT2D eigenvalue weighted by Crippen LogP contribution is 2.38. The van der Waals surface area contributed by atoms with Crippen LogP contribution in [0.5, 0.6) is 0 Å². The van der Waals surface area contributed by atoms with Gasteiger partial charge in [-0.2, -0.15) is 0 Å². The quantitative estimate of drug-likeness (QED) is 0.434. The van der Waals surface area contributed by atoms with Gasteiger partial charge in [0.15, 0.2) is 0 Å². The van der Waals surface area contributed by atoms with Crippen LogP contribution in [-0.2, 0) is 15.4 Å². The molecule has 0 bridgehead atoms. The molecule has 0 saturated heterocycles. The van der Waals surface area contributed by atoms with Crippen molar-refractivity contribution in [2.24, 2.45) is 4.99 Å². The van der Waals surface area contributed by atoms with Crippen LogP contribution in [0.1, 0.15) is 38.8 Å². The number of rotatable bonds is 6. The van der Waals surface area contributed by atoms with Crippen LogP contribution in [0, 0.1) is 6.92 Å². The Kier molecular flexibility index (Phi) is 7.01. The summed E-state index contributed by atoms with van der Waals surface area (Å²) in [4.78, 5) is 6.34. The standard InChI is InChI=1S/C22H30ClN3O2S/c1-8-25(6)15-24-20-13-16(2)21(14-19(20)23)26(29(7,27)28)18-11-9-17(10-12-18)22(3,4)5/h9-15H,8H2,1-7H3. The zero-order valence-corrected chi connectivity index (χ0v) is 19.8. The topological polar surface area (TPSA) is 53.0 Å². The average molecular weight is 436 g/mol. The summed E-state index contributed by atoms with van der Waals surface area (Å²) < 4.78 is 26.7. The molecule has 29 heavy (non-hydrogen) atoms. The predicted octanol–water partition coefficient (Wildman–Crippen LogP) is 5.66. The summed E-state index contributed by atoms with van der Waals surface area (Å²) in [6.45, 7) is 11.1. The second kappa shape index (κ2) is 8.76. The van der Waals surface area contributed by atoms with Crippen molar-refractivity contribution in [3.05, 3.63) is 52.5 Å². The third kappa shape index (κ3) is 5.73. The Morgan fingerprint density at radius 2 is 1.72 bits per heavy atom. The molecule has 0 N–H and O–H groups in total. The lowest BCUT2D eigenvalue weighted by molar-refractivity contribution is 0.552. The summed E-state index contributed by atoms with van der Waals surface area (Å²) in [5, 5.41) is 0.395. The lowest BCUT2D eigenvalue weighted by Gasteiger charge is -2.26. The van der Waals surface area contributed by atoms with Crippen LogP contribution in [0.15, 0.2) is 41.4 Å². The van der Waals surface area contributed by atoms with Crippen molar-refractivity contribution in [2.75, 3.05) is 24.2 Å². The van der Waals surface area contributed by atoms with E-state index in [4.69, 9.17) is 11.6 Å². The maximum absolute atomic E-state index is 12.7. The number of aliphatic imine (C=N–C) groups is 1. The monoisotopic (exact) mass is 435 g/mol. The van der Waals surface area contributed by atoms with E-state index < -0.39 is 10.0 Å². The third-order valence-corrected chi connectivity index (χ3v) is 6.05. The number of aryl methyl sites for hydroxylation is 1. The van der Waals surface area contributed by atoms with Crippen molar-refractivity contribution in [3.63, 3.8) is 0 Å². The Balaban J connectivity index is 2.54. The van der Waals surface area contributed by atoms with Gasteiger partial charge in [-0.25, -0.2) is 17.7 Å². The number of nitrogens with zero attached hydrogens (tertiary/aromatic N) is 3. The van der Waals surface area contributed by atoms with Crippen LogP contribution in [-0.4, -0.2) is 39.5 Å². The molecule has 0 heterocycles. The first-order chi connectivity index (χ1) is 13.3. The van der Waals surface area contributed by atoms with Crippen LogP contribution in [0.4, 0.5) is 17.1 Å². The molecule has 0 aromatic heterocycles. The van der Waals surface area contributed by atoms with Gasteiger partial charge in [0.2, 0.25) is 10.0 Å². The zero-order valence-electron chi connectivity index (χ0n) is 18.2. The second-order valence-electron chi connectivity index (χ2n) is 8.23. The fraction of sp³-hybridized carbons (Fsp3) is 0.409. The fourth-order valence-corrected chi connectivity index (χ4v) is 4.09. The van der Waals surface area contributed by atoms with Crippen LogP contribution in [0.3, 0.4) is 0 Å². The smallest absolute Gasteiger partial charge is 0.236 e. The molecule has 0 aliphatic heterocycles. The summed E-state index contributed by atoms with van der Waals surface area (Å²) in [6.07, 6.45) is 2.90. The minimum atomic E-state index is -3.57. The van der Waals surface area contributed by atoms with Crippen molar-refractivity contribution in [2.45, 2.75) is 40.0 Å². The number of sulfonamides is 1. The van der Waals surface area contributed by atoms with Gasteiger partial charge < -0.3 is 4.90 Å². The molecular formula is C22H30ClN3O2S. The average Bonchev–Trinajstić information content (AvgIpc) is 2.61. The maximum Gasteiger partial charge on any atom is 0.236 e. The highest BCUT2D eigenvalue weighted by atomic mass is 35.5. The summed E-state index contributed by atoms with van der Waals surface area (Å²) in [6, 6.07) is 11.1. The molecule has 0 aliphatic rings. The Morgan fingerprint density at radius 1 is 1.14 bits per heavy atom. The van der Waals surface area contributed by atoms with E-state index >= 15 is 0 Å². The van der Waals surface area contributed by atoms with Gasteiger partial charge in [0.05, 0.1) is 34.7 Å². The summed E-state index contributed by atoms with van der Waals surface area (Å²) in [5.41, 5.74) is 3.58. The summed E-state index contributed by atoms with van der Waals surface area (Å²) in [5.74, 6) is 0. The molecule has 0 atom stereocenters. The lowest BCUT2D eigenvalue weighted by atomic mass is 9.87. The highest BCUT2D eigenvalue weighted by Gasteiger charge is 2.23. The number of hydrogen-bond donors (Lipinski definition) is 0. The number of hydrogen-bond acceptors (Lipinski definition) is 3. The SMILES string of the molecule is CCN(C)C=Nc1cc(C)c(N(c2ccc(C(C)(C)C)cc2)S(C)(=O)=O)cc1Cl. The largest absolute Gasteiger partial charge is 0.366 e. The Labute approximate surface area is 180 Å². The first-order valence-corrected chi connectivity index (χ1v) is 11.7. The molecule has 0 unspecified atom stereocenters. The molecule has 7 heteroatoms. The molecule has 0 radical (unpaired) electrons. The number of anilines is 2. The van der Waals surface area contributed by atoms with Gasteiger partial charge in [0.1, 0.15) is 0 Å². The van der Waals surface area contributed by atoms with E-state index in [1.165, 1.54) is 10.6 Å². The summed E-state index contributed by atoms with van der Waals surface area (Å²) >= 11 is 6.44. The van der Waals surface area contributed by atoms with E-state index in [1.807, 2.05) is 50.1 Å². The fourth-order valence-electron chi connectivity index (χ4n) is 2.82. The van der Waals surface area contributed by atoms with Crippen molar-refractivity contribution in [1.29, 1.82) is 0 Å². The minimum Gasteiger partial charge on any atom is -0.366 e. The highest BCUT2D eigenvalue weighted by molar-refractivity contribution is 7.92. The molecular weight excluding hydrogens is 406 g/mol. The van der Waals surface area contributed by atoms with Crippen LogP contribution < -0.4 is 4.31 Å². The zero-order chi connectivity index (χ0) is 22.0. The molecule has 0 fully saturated rings. The molecule has 5 nitrogen and oxygen atoms in total. The van der Waals surface area contributed by atoms with Crippen LogP contribution in [0.25, 0.3) is 0 Å². The molecule has 0 amide bonds. The van der Waals surface area contributed by atoms with Crippen molar-refractivity contribution >= 4 is 45.0 Å². The van der Waals surface area contributed by atoms with Gasteiger partial charge in [-0.1, -0.05) is 44.5 Å². The summed E-state index contributed by atoms with van der Waals surface area (Å²) in [7, 11) is -1.65. The van der Waals surface area contributed by atoms with E-state index in [9.17, 15) is 8.42 Å². The Hall–Kier alpha value is -2.05. The van der Waals surface area contributed by atoms with Gasteiger partial charge in [-0.3, -0.25) is 0 Å². The Morgan fingerprint density at radius 3 is 2.21 bits per heavy atom. The molecule has 2 aromatic rings. The van der Waals surface area contributed by atoms with E-state index in [0.717, 1.165) is 17.7 Å². The van der Waals surface area contributed by atoms with Crippen molar-refractivity contribution < 1.29 is 8.42 Å². The first-order valence-electron chi connectivity index (χ1n) is 9.50. The number of halogens is 1. The van der Waals surface area contributed by atoms with Crippen LogP contribution in [0.2, 0.25) is 5.02 Å². The van der Waals surface area contributed by atoms with Gasteiger partial charge in [0, 0.05) is 13.6 Å². The first kappa shape index (κ1) is 23.2. The molecule has 2 aromatic carbocycles. The van der Waals surface area contributed by atoms with Crippen LogP contribution >= 0.6 is 11.6 Å². The van der Waals surface area contributed by atoms with Gasteiger partial charge in [0.25, 0.3) is 0 Å². The lowest BCUT2D eigenvalue weighted by Crippen LogP contribution is -2.25. The van der Waals surface area contributed by atoms with Crippen molar-refractivity contribution in [3.8, 4) is 0 Å². The normalized spacial score (nSPS) is 12.4. The molecule has 0 saturated carbocycles. The minimum absolute atomic E-state index is 0.0149. The van der Waals surface area contributed by atoms with Gasteiger partial charge >= 0.3 is 0 Å². The van der Waals surface area contributed by atoms with E-state index in [-0.39, 0.29) is 5.41 Å². The van der Waals surface area contributed by atoms with Gasteiger partial charge in [-0.05, 0) is 54.7 Å². The Bertz CT molecular complexity index is 994. The molecule has 0 spiro atoms. The molecule has 158 valence electrons. The molecule has 0 aliphatic carbocycles. The number of benzene rings is 2. The van der Waals surface area contributed by atoms with E-state index in [0.29, 0.717) is 22.1 Å². The predicted molar refractivity (Wildman–Crippen MR) is 125 cm³/mol. The maximum atomic E-state index is 12.7. The van der Waals surface area contributed by atoms with Crippen molar-refractivity contribution in [1.82, 2.24) is 4.90 Å².